The molecule has 0 radical (unpaired) electrons. The molecule has 24 heavy (non-hydrogen) atoms. The highest BCUT2D eigenvalue weighted by Crippen LogP contribution is 2.29. The van der Waals surface area contributed by atoms with Gasteiger partial charge in [0, 0.05) is 23.2 Å². The molecule has 0 bridgehead atoms. The molecule has 0 saturated heterocycles. The fourth-order valence-electron chi connectivity index (χ4n) is 2.78. The summed E-state index contributed by atoms with van der Waals surface area (Å²) in [5.74, 6) is 1.17. The fourth-order valence-corrected chi connectivity index (χ4v) is 2.78. The van der Waals surface area contributed by atoms with Crippen LogP contribution in [0, 0.1) is 0 Å². The van der Waals surface area contributed by atoms with Crippen molar-refractivity contribution in [2.75, 3.05) is 13.7 Å². The van der Waals surface area contributed by atoms with Crippen LogP contribution in [0.25, 0.3) is 10.8 Å². The van der Waals surface area contributed by atoms with Gasteiger partial charge in [0.2, 0.25) is 0 Å². The third kappa shape index (κ3) is 3.40. The van der Waals surface area contributed by atoms with Crippen molar-refractivity contribution >= 4 is 16.5 Å². The number of phenolic OH excluding ortho intramolecular Hbond substituents is 1. The number of hydrogen-bond donors (Lipinski definition) is 1. The van der Waals surface area contributed by atoms with Crippen molar-refractivity contribution in [3.63, 3.8) is 0 Å². The molecule has 0 atom stereocenters. The molecule has 3 nitrogen and oxygen atoms in total. The highest BCUT2D eigenvalue weighted by atomic mass is 16.5. The van der Waals surface area contributed by atoms with Gasteiger partial charge >= 0.3 is 0 Å². The average Bonchev–Trinajstić information content (AvgIpc) is 2.62. The van der Waals surface area contributed by atoms with Gasteiger partial charge in [0.05, 0.1) is 7.11 Å². The van der Waals surface area contributed by atoms with Crippen LogP contribution in [0.4, 0.5) is 0 Å². The van der Waals surface area contributed by atoms with Crippen LogP contribution in [-0.2, 0) is 6.42 Å². The van der Waals surface area contributed by atoms with E-state index in [1.54, 1.807) is 7.11 Å². The maximum atomic E-state index is 10.5. The Morgan fingerprint density at radius 1 is 1.00 bits per heavy atom. The molecule has 3 heteroatoms. The molecule has 0 amide bonds. The minimum atomic E-state index is 0.304. The SMILES string of the molecule is COc1ccc(CCN=C(C)c2ccc3ccccc3c2O)cc1. The van der Waals surface area contributed by atoms with Gasteiger partial charge < -0.3 is 9.84 Å². The second-order valence-electron chi connectivity index (χ2n) is 5.75. The van der Waals surface area contributed by atoms with Gasteiger partial charge in [-0.05, 0) is 42.5 Å². The summed E-state index contributed by atoms with van der Waals surface area (Å²) in [7, 11) is 1.67. The van der Waals surface area contributed by atoms with Crippen LogP contribution in [0.2, 0.25) is 0 Å². The van der Waals surface area contributed by atoms with Crippen LogP contribution in [0.5, 0.6) is 11.5 Å². The summed E-state index contributed by atoms with van der Waals surface area (Å²) in [5.41, 5.74) is 2.87. The van der Waals surface area contributed by atoms with E-state index in [2.05, 4.69) is 17.1 Å². The van der Waals surface area contributed by atoms with Crippen molar-refractivity contribution in [2.45, 2.75) is 13.3 Å². The second-order valence-corrected chi connectivity index (χ2v) is 5.75. The summed E-state index contributed by atoms with van der Waals surface area (Å²) in [6.07, 6.45) is 0.857. The topological polar surface area (TPSA) is 41.8 Å². The molecule has 122 valence electrons. The number of fused-ring (bicyclic) bond motifs is 1. The quantitative estimate of drug-likeness (QED) is 0.698. The predicted octanol–water partition coefficient (Wildman–Crippen LogP) is 4.61. The van der Waals surface area contributed by atoms with Crippen LogP contribution in [0.15, 0.2) is 65.7 Å². The van der Waals surface area contributed by atoms with Crippen LogP contribution in [-0.4, -0.2) is 24.5 Å². The van der Waals surface area contributed by atoms with E-state index in [1.807, 2.05) is 55.5 Å². The van der Waals surface area contributed by atoms with Crippen LogP contribution >= 0.6 is 0 Å². The lowest BCUT2D eigenvalue weighted by Gasteiger charge is -2.08. The lowest BCUT2D eigenvalue weighted by molar-refractivity contribution is 0.414. The molecule has 0 aliphatic rings. The lowest BCUT2D eigenvalue weighted by atomic mass is 10.0. The summed E-state index contributed by atoms with van der Waals surface area (Å²) >= 11 is 0. The molecule has 0 heterocycles. The minimum absolute atomic E-state index is 0.304. The zero-order valence-corrected chi connectivity index (χ0v) is 14.0. The van der Waals surface area contributed by atoms with E-state index in [4.69, 9.17) is 4.74 Å². The zero-order valence-electron chi connectivity index (χ0n) is 14.0. The van der Waals surface area contributed by atoms with Gasteiger partial charge in [-0.25, -0.2) is 0 Å². The minimum Gasteiger partial charge on any atom is -0.507 e. The summed E-state index contributed by atoms with van der Waals surface area (Å²) in [6, 6.07) is 19.8. The Hall–Kier alpha value is -2.81. The molecule has 0 aliphatic heterocycles. The second kappa shape index (κ2) is 7.18. The molecule has 0 unspecified atom stereocenters. The molecule has 3 aromatic rings. The van der Waals surface area contributed by atoms with E-state index in [1.165, 1.54) is 5.56 Å². The number of ether oxygens (including phenoxy) is 1. The molecule has 3 rings (SSSR count). The third-order valence-corrected chi connectivity index (χ3v) is 4.20. The van der Waals surface area contributed by atoms with E-state index in [9.17, 15) is 5.11 Å². The van der Waals surface area contributed by atoms with Gasteiger partial charge in [-0.15, -0.1) is 0 Å². The van der Waals surface area contributed by atoms with Gasteiger partial charge in [-0.3, -0.25) is 4.99 Å². The molecular weight excluding hydrogens is 298 g/mol. The predicted molar refractivity (Wildman–Crippen MR) is 99.4 cm³/mol. The number of aliphatic imine (C=N–C) groups is 1. The Labute approximate surface area is 142 Å². The summed E-state index contributed by atoms with van der Waals surface area (Å²) < 4.78 is 5.16. The molecule has 0 aliphatic carbocycles. The summed E-state index contributed by atoms with van der Waals surface area (Å²) in [4.78, 5) is 4.63. The van der Waals surface area contributed by atoms with Crippen LogP contribution in [0.1, 0.15) is 18.1 Å². The number of aromatic hydroxyl groups is 1. The van der Waals surface area contributed by atoms with Crippen molar-refractivity contribution in [3.05, 3.63) is 71.8 Å². The maximum Gasteiger partial charge on any atom is 0.132 e. The number of rotatable bonds is 5. The van der Waals surface area contributed by atoms with Crippen LogP contribution < -0.4 is 4.74 Å². The third-order valence-electron chi connectivity index (χ3n) is 4.20. The van der Waals surface area contributed by atoms with Gasteiger partial charge in [0.1, 0.15) is 11.5 Å². The van der Waals surface area contributed by atoms with Crippen LogP contribution in [0.3, 0.4) is 0 Å². The Morgan fingerprint density at radius 3 is 2.50 bits per heavy atom. The van der Waals surface area contributed by atoms with Gasteiger partial charge in [-0.1, -0.05) is 42.5 Å². The van der Waals surface area contributed by atoms with Gasteiger partial charge in [-0.2, -0.15) is 0 Å². The van der Waals surface area contributed by atoms with E-state index in [0.29, 0.717) is 12.3 Å². The first-order valence-electron chi connectivity index (χ1n) is 8.04. The zero-order chi connectivity index (χ0) is 16.9. The Morgan fingerprint density at radius 2 is 1.75 bits per heavy atom. The van der Waals surface area contributed by atoms with E-state index in [0.717, 1.165) is 34.2 Å². The van der Waals surface area contributed by atoms with Crippen molar-refractivity contribution in [3.8, 4) is 11.5 Å². The molecule has 0 aromatic heterocycles. The lowest BCUT2D eigenvalue weighted by Crippen LogP contribution is -1.99. The van der Waals surface area contributed by atoms with E-state index >= 15 is 0 Å². The summed E-state index contributed by atoms with van der Waals surface area (Å²) in [5, 5.41) is 12.4. The average molecular weight is 319 g/mol. The normalized spacial score (nSPS) is 11.7. The molecule has 0 fully saturated rings. The van der Waals surface area contributed by atoms with Gasteiger partial charge in [0.15, 0.2) is 0 Å². The maximum absolute atomic E-state index is 10.5. The Kier molecular flexibility index (Phi) is 4.80. The largest absolute Gasteiger partial charge is 0.507 e. The first kappa shape index (κ1) is 16.1. The number of hydrogen-bond acceptors (Lipinski definition) is 3. The summed E-state index contributed by atoms with van der Waals surface area (Å²) in [6.45, 7) is 2.63. The monoisotopic (exact) mass is 319 g/mol. The van der Waals surface area contributed by atoms with Crippen molar-refractivity contribution in [1.82, 2.24) is 0 Å². The standard InChI is InChI=1S/C21H21NO2/c1-15(22-14-13-16-7-10-18(24-2)11-8-16)19-12-9-17-5-3-4-6-20(17)21(19)23/h3-12,23H,13-14H2,1-2H3. The van der Waals surface area contributed by atoms with E-state index in [-0.39, 0.29) is 0 Å². The first-order chi connectivity index (χ1) is 11.7. The number of benzene rings is 3. The first-order valence-corrected chi connectivity index (χ1v) is 8.04. The molecular formula is C21H21NO2. The molecule has 3 aromatic carbocycles. The highest BCUT2D eigenvalue weighted by Gasteiger charge is 2.08. The molecule has 1 N–H and O–H groups in total. The number of nitrogens with zero attached hydrogens (tertiary/aromatic N) is 1. The number of phenols is 1. The van der Waals surface area contributed by atoms with Gasteiger partial charge in [0.25, 0.3) is 0 Å². The fraction of sp³-hybridized carbons (Fsp3) is 0.190. The molecule has 0 spiro atoms. The smallest absolute Gasteiger partial charge is 0.132 e. The van der Waals surface area contributed by atoms with Crippen molar-refractivity contribution in [1.29, 1.82) is 0 Å². The highest BCUT2D eigenvalue weighted by molar-refractivity contribution is 6.06. The van der Waals surface area contributed by atoms with E-state index < -0.39 is 0 Å². The van der Waals surface area contributed by atoms with Crippen molar-refractivity contribution < 1.29 is 9.84 Å². The number of methoxy groups -OCH3 is 1. The van der Waals surface area contributed by atoms with Crippen molar-refractivity contribution in [2.24, 2.45) is 4.99 Å². The Bertz CT molecular complexity index is 867. The molecule has 0 saturated carbocycles. The Balaban J connectivity index is 1.74.